The molecule has 9 rings (SSSR count). The van der Waals surface area contributed by atoms with Gasteiger partial charge in [0.25, 0.3) is 0 Å². The maximum absolute atomic E-state index is 7.26. The van der Waals surface area contributed by atoms with Crippen LogP contribution in [0.1, 0.15) is 59.7 Å². The Morgan fingerprint density at radius 3 is 2.18 bits per heavy atom. The molecule has 2 unspecified atom stereocenters. The number of benzene rings is 6. The van der Waals surface area contributed by atoms with Crippen molar-refractivity contribution >= 4 is 50.2 Å². The highest BCUT2D eigenvalue weighted by molar-refractivity contribution is 6.10. The van der Waals surface area contributed by atoms with E-state index in [0.29, 0.717) is 5.69 Å². The SMILES string of the molecule is CCC(c1ccccc1)c1ccccc1C1=Cc2c(c3ccccc3n2-c2ccccc2)CC1(C)c1ccc2c(oc3ccccc32)c1N. The molecule has 0 radical (unpaired) electrons. The highest BCUT2D eigenvalue weighted by Crippen LogP contribution is 2.53. The number of fused-ring (bicyclic) bond motifs is 6. The van der Waals surface area contributed by atoms with Crippen molar-refractivity contribution in [2.24, 2.45) is 0 Å². The molecule has 2 aromatic heterocycles. The van der Waals surface area contributed by atoms with Crippen molar-refractivity contribution in [3.8, 4) is 5.69 Å². The molecular formula is C46H38N2O. The van der Waals surface area contributed by atoms with E-state index in [1.54, 1.807) is 0 Å². The van der Waals surface area contributed by atoms with E-state index in [1.165, 1.54) is 44.4 Å². The topological polar surface area (TPSA) is 44.1 Å². The fraction of sp³-hybridized carbons (Fsp3) is 0.130. The first kappa shape index (κ1) is 29.3. The minimum atomic E-state index is -0.457. The third-order valence-corrected chi connectivity index (χ3v) is 10.9. The van der Waals surface area contributed by atoms with Gasteiger partial charge in [-0.3, -0.25) is 0 Å². The number of rotatable bonds is 6. The molecule has 0 aliphatic heterocycles. The Kier molecular flexibility index (Phi) is 6.84. The van der Waals surface area contributed by atoms with Gasteiger partial charge in [-0.05, 0) is 76.6 Å². The van der Waals surface area contributed by atoms with Crippen molar-refractivity contribution in [2.45, 2.75) is 38.0 Å². The maximum atomic E-state index is 7.26. The van der Waals surface area contributed by atoms with Gasteiger partial charge in [-0.15, -0.1) is 0 Å². The second-order valence-corrected chi connectivity index (χ2v) is 13.6. The van der Waals surface area contributed by atoms with Crippen molar-refractivity contribution in [1.29, 1.82) is 0 Å². The molecule has 1 aliphatic rings. The smallest absolute Gasteiger partial charge is 0.158 e. The molecule has 3 nitrogen and oxygen atoms in total. The van der Waals surface area contributed by atoms with Crippen LogP contribution >= 0.6 is 0 Å². The average Bonchev–Trinajstić information content (AvgIpc) is 3.69. The molecule has 2 heterocycles. The Morgan fingerprint density at radius 2 is 1.39 bits per heavy atom. The first-order valence-electron chi connectivity index (χ1n) is 17.3. The number of allylic oxidation sites excluding steroid dienone is 1. The predicted molar refractivity (Wildman–Crippen MR) is 205 cm³/mol. The van der Waals surface area contributed by atoms with E-state index < -0.39 is 5.41 Å². The van der Waals surface area contributed by atoms with E-state index in [1.807, 2.05) is 12.1 Å². The van der Waals surface area contributed by atoms with E-state index >= 15 is 0 Å². The van der Waals surface area contributed by atoms with Gasteiger partial charge in [0.15, 0.2) is 5.58 Å². The van der Waals surface area contributed by atoms with Crippen LogP contribution in [0.3, 0.4) is 0 Å². The lowest BCUT2D eigenvalue weighted by atomic mass is 9.64. The Balaban J connectivity index is 1.35. The van der Waals surface area contributed by atoms with Crippen LogP contribution < -0.4 is 5.73 Å². The summed E-state index contributed by atoms with van der Waals surface area (Å²) in [6.07, 6.45) is 4.25. The first-order chi connectivity index (χ1) is 24.1. The molecule has 8 aromatic rings. The lowest BCUT2D eigenvalue weighted by Gasteiger charge is -2.39. The largest absolute Gasteiger partial charge is 0.454 e. The Labute approximate surface area is 286 Å². The van der Waals surface area contributed by atoms with E-state index in [0.717, 1.165) is 46.0 Å². The van der Waals surface area contributed by atoms with Crippen molar-refractivity contribution in [3.05, 3.63) is 179 Å². The third kappa shape index (κ3) is 4.49. The second kappa shape index (κ2) is 11.4. The third-order valence-electron chi connectivity index (χ3n) is 10.9. The average molecular weight is 635 g/mol. The van der Waals surface area contributed by atoms with E-state index in [-0.39, 0.29) is 5.92 Å². The highest BCUT2D eigenvalue weighted by atomic mass is 16.3. The Bertz CT molecular complexity index is 2540. The summed E-state index contributed by atoms with van der Waals surface area (Å²) in [6.45, 7) is 4.68. The summed E-state index contributed by atoms with van der Waals surface area (Å²) < 4.78 is 8.93. The van der Waals surface area contributed by atoms with Gasteiger partial charge < -0.3 is 14.7 Å². The minimum absolute atomic E-state index is 0.249. The molecule has 0 bridgehead atoms. The van der Waals surface area contributed by atoms with Crippen LogP contribution in [0.15, 0.2) is 150 Å². The normalized spacial score (nSPS) is 16.6. The molecule has 0 fully saturated rings. The summed E-state index contributed by atoms with van der Waals surface area (Å²) >= 11 is 0. The number of hydrogen-bond donors (Lipinski definition) is 1. The van der Waals surface area contributed by atoms with Crippen LogP contribution in [0, 0.1) is 0 Å². The van der Waals surface area contributed by atoms with Crippen molar-refractivity contribution in [2.75, 3.05) is 5.73 Å². The van der Waals surface area contributed by atoms with Gasteiger partial charge >= 0.3 is 0 Å². The second-order valence-electron chi connectivity index (χ2n) is 13.6. The number of nitrogen functional groups attached to an aromatic ring is 1. The maximum Gasteiger partial charge on any atom is 0.158 e. The molecular weight excluding hydrogens is 597 g/mol. The zero-order chi connectivity index (χ0) is 33.1. The van der Waals surface area contributed by atoms with Gasteiger partial charge in [-0.2, -0.15) is 0 Å². The molecule has 0 amide bonds. The summed E-state index contributed by atoms with van der Waals surface area (Å²) in [5.74, 6) is 0.249. The zero-order valence-electron chi connectivity index (χ0n) is 27.9. The molecule has 6 aromatic carbocycles. The molecule has 1 aliphatic carbocycles. The molecule has 0 saturated carbocycles. The zero-order valence-corrected chi connectivity index (χ0v) is 27.9. The van der Waals surface area contributed by atoms with Gasteiger partial charge in [0.05, 0.1) is 16.9 Å². The molecule has 2 N–H and O–H groups in total. The number of nitrogens with zero attached hydrogens (tertiary/aromatic N) is 1. The Hall–Kier alpha value is -5.80. The summed E-state index contributed by atoms with van der Waals surface area (Å²) in [6, 6.07) is 52.2. The van der Waals surface area contributed by atoms with Crippen LogP contribution in [-0.4, -0.2) is 4.57 Å². The van der Waals surface area contributed by atoms with Gasteiger partial charge in [0, 0.05) is 33.2 Å². The van der Waals surface area contributed by atoms with Crippen molar-refractivity contribution < 1.29 is 4.42 Å². The van der Waals surface area contributed by atoms with Crippen LogP contribution in [0.4, 0.5) is 5.69 Å². The quantitative estimate of drug-likeness (QED) is 0.185. The number of aromatic nitrogens is 1. The van der Waals surface area contributed by atoms with E-state index in [2.05, 4.69) is 158 Å². The summed E-state index contributed by atoms with van der Waals surface area (Å²) in [5.41, 5.74) is 20.4. The summed E-state index contributed by atoms with van der Waals surface area (Å²) in [5, 5.41) is 3.42. The number of hydrogen-bond acceptors (Lipinski definition) is 2. The van der Waals surface area contributed by atoms with E-state index in [4.69, 9.17) is 10.2 Å². The Morgan fingerprint density at radius 1 is 0.714 bits per heavy atom. The van der Waals surface area contributed by atoms with Crippen LogP contribution in [0.2, 0.25) is 0 Å². The predicted octanol–water partition coefficient (Wildman–Crippen LogP) is 11.7. The summed E-state index contributed by atoms with van der Waals surface area (Å²) in [7, 11) is 0. The molecule has 0 spiro atoms. The monoisotopic (exact) mass is 634 g/mol. The van der Waals surface area contributed by atoms with Gasteiger partial charge in [0.2, 0.25) is 0 Å². The van der Waals surface area contributed by atoms with Gasteiger partial charge in [0.1, 0.15) is 5.58 Å². The van der Waals surface area contributed by atoms with Gasteiger partial charge in [-0.25, -0.2) is 0 Å². The fourth-order valence-corrected chi connectivity index (χ4v) is 8.54. The fourth-order valence-electron chi connectivity index (χ4n) is 8.54. The minimum Gasteiger partial charge on any atom is -0.454 e. The standard InChI is InChI=1S/C46H38N2O/c1-3-32(30-16-6-4-7-17-30)33-20-10-11-21-34(33)40-28-42-38(35-22-12-14-24-41(35)48(42)31-18-8-5-9-19-31)29-46(40,2)39-27-26-37-36-23-13-15-25-43(36)49-45(37)44(39)47/h4-28,32H,3,29,47H2,1-2H3. The van der Waals surface area contributed by atoms with Crippen LogP contribution in [0.25, 0.3) is 50.2 Å². The number of nitrogens with two attached hydrogens (primary N) is 1. The highest BCUT2D eigenvalue weighted by Gasteiger charge is 2.41. The van der Waals surface area contributed by atoms with Crippen LogP contribution in [0.5, 0.6) is 0 Å². The van der Waals surface area contributed by atoms with E-state index in [9.17, 15) is 0 Å². The number of furan rings is 1. The van der Waals surface area contributed by atoms with Crippen molar-refractivity contribution in [1.82, 2.24) is 4.57 Å². The summed E-state index contributed by atoms with van der Waals surface area (Å²) in [4.78, 5) is 0. The first-order valence-corrected chi connectivity index (χ1v) is 17.3. The van der Waals surface area contributed by atoms with Crippen molar-refractivity contribution in [3.63, 3.8) is 0 Å². The lowest BCUT2D eigenvalue weighted by molar-refractivity contribution is 0.605. The number of para-hydroxylation sites is 3. The molecule has 0 saturated heterocycles. The molecule has 49 heavy (non-hydrogen) atoms. The number of anilines is 1. The molecule has 3 heteroatoms. The molecule has 238 valence electrons. The van der Waals surface area contributed by atoms with Crippen LogP contribution in [-0.2, 0) is 11.8 Å². The van der Waals surface area contributed by atoms with Gasteiger partial charge in [-0.1, -0.05) is 135 Å². The lowest BCUT2D eigenvalue weighted by Crippen LogP contribution is -2.31. The molecule has 2 atom stereocenters.